The zero-order valence-corrected chi connectivity index (χ0v) is 11.7. The fourth-order valence-electron chi connectivity index (χ4n) is 3.44. The summed E-state index contributed by atoms with van der Waals surface area (Å²) < 4.78 is 0. The summed E-state index contributed by atoms with van der Waals surface area (Å²) in [5, 5.41) is 4.52. The number of nitrogens with zero attached hydrogens (tertiary/aromatic N) is 1. The molecule has 0 spiro atoms. The number of likely N-dealkylation sites (tertiary alicyclic amines) is 1. The van der Waals surface area contributed by atoms with E-state index in [0.29, 0.717) is 6.04 Å². The topological polar surface area (TPSA) is 15.3 Å². The smallest absolute Gasteiger partial charge is 0.0453 e. The molecule has 1 N–H and O–H groups in total. The molecule has 2 aliphatic heterocycles. The van der Waals surface area contributed by atoms with Gasteiger partial charge < -0.3 is 5.32 Å². The van der Waals surface area contributed by atoms with Crippen LogP contribution < -0.4 is 5.32 Å². The van der Waals surface area contributed by atoms with Gasteiger partial charge >= 0.3 is 0 Å². The number of benzene rings is 1. The van der Waals surface area contributed by atoms with E-state index >= 15 is 0 Å². The highest BCUT2D eigenvalue weighted by molar-refractivity contribution is 6.31. The molecule has 0 aliphatic carbocycles. The number of fused-ring (bicyclic) bond motifs is 1. The van der Waals surface area contributed by atoms with Crippen molar-refractivity contribution in [2.24, 2.45) is 5.92 Å². The maximum Gasteiger partial charge on any atom is 0.0453 e. The Bertz CT molecular complexity index is 421. The first-order valence-corrected chi connectivity index (χ1v) is 7.35. The summed E-state index contributed by atoms with van der Waals surface area (Å²) in [4.78, 5) is 2.59. The summed E-state index contributed by atoms with van der Waals surface area (Å²) in [6.07, 6.45) is 2.61. The molecule has 2 nitrogen and oxygen atoms in total. The normalized spacial score (nSPS) is 30.1. The molecule has 1 aromatic carbocycles. The Hall–Kier alpha value is -0.570. The van der Waals surface area contributed by atoms with Gasteiger partial charge in [0, 0.05) is 30.2 Å². The van der Waals surface area contributed by atoms with Crippen molar-refractivity contribution in [3.05, 3.63) is 34.9 Å². The second kappa shape index (κ2) is 5.20. The second-order valence-corrected chi connectivity index (χ2v) is 6.00. The number of hydrogen-bond acceptors (Lipinski definition) is 2. The molecular formula is C15H21ClN2. The third-order valence-corrected chi connectivity index (χ3v) is 4.93. The standard InChI is InChI=1S/C15H21ClN2/c1-11(13-4-2-3-5-14(13)16)18-9-7-15-12(10-18)6-8-17-15/h2-5,11-12,15,17H,6-10H2,1H3. The summed E-state index contributed by atoms with van der Waals surface area (Å²) in [6, 6.07) is 9.44. The van der Waals surface area contributed by atoms with Gasteiger partial charge in [-0.05, 0) is 43.9 Å². The molecular weight excluding hydrogens is 244 g/mol. The van der Waals surface area contributed by atoms with Gasteiger partial charge in [-0.15, -0.1) is 0 Å². The first kappa shape index (κ1) is 12.5. The van der Waals surface area contributed by atoms with Crippen molar-refractivity contribution in [2.45, 2.75) is 31.8 Å². The maximum absolute atomic E-state index is 6.31. The average molecular weight is 265 g/mol. The Morgan fingerprint density at radius 2 is 2.17 bits per heavy atom. The van der Waals surface area contributed by atoms with Crippen LogP contribution >= 0.6 is 11.6 Å². The number of halogens is 1. The Morgan fingerprint density at radius 3 is 3.00 bits per heavy atom. The summed E-state index contributed by atoms with van der Waals surface area (Å²) in [6.45, 7) is 5.87. The van der Waals surface area contributed by atoms with Gasteiger partial charge in [-0.25, -0.2) is 0 Å². The van der Waals surface area contributed by atoms with Gasteiger partial charge in [-0.2, -0.15) is 0 Å². The molecule has 0 aromatic heterocycles. The van der Waals surface area contributed by atoms with Crippen molar-refractivity contribution in [3.8, 4) is 0 Å². The molecule has 1 aromatic rings. The Labute approximate surface area is 114 Å². The van der Waals surface area contributed by atoms with Crippen LogP contribution in [0.3, 0.4) is 0 Å². The molecule has 3 rings (SSSR count). The lowest BCUT2D eigenvalue weighted by atomic mass is 9.91. The Kier molecular flexibility index (Phi) is 3.60. The molecule has 3 unspecified atom stereocenters. The van der Waals surface area contributed by atoms with E-state index in [9.17, 15) is 0 Å². The van der Waals surface area contributed by atoms with Gasteiger partial charge in [0.2, 0.25) is 0 Å². The van der Waals surface area contributed by atoms with Gasteiger partial charge in [0.15, 0.2) is 0 Å². The highest BCUT2D eigenvalue weighted by atomic mass is 35.5. The molecule has 3 heteroatoms. The minimum atomic E-state index is 0.431. The van der Waals surface area contributed by atoms with E-state index in [1.807, 2.05) is 12.1 Å². The van der Waals surface area contributed by atoms with Crippen LogP contribution in [0.1, 0.15) is 31.4 Å². The zero-order chi connectivity index (χ0) is 12.5. The van der Waals surface area contributed by atoms with E-state index in [4.69, 9.17) is 11.6 Å². The van der Waals surface area contributed by atoms with Crippen molar-refractivity contribution in [1.29, 1.82) is 0 Å². The lowest BCUT2D eigenvalue weighted by Gasteiger charge is -2.38. The lowest BCUT2D eigenvalue weighted by molar-refractivity contribution is 0.122. The van der Waals surface area contributed by atoms with E-state index in [2.05, 4.69) is 29.3 Å². The van der Waals surface area contributed by atoms with Crippen molar-refractivity contribution in [3.63, 3.8) is 0 Å². The van der Waals surface area contributed by atoms with Crippen LogP contribution in [-0.2, 0) is 0 Å². The molecule has 0 saturated carbocycles. The SMILES string of the molecule is CC(c1ccccc1Cl)N1CCC2NCCC2C1. The fraction of sp³-hybridized carbons (Fsp3) is 0.600. The Morgan fingerprint density at radius 1 is 1.33 bits per heavy atom. The molecule has 98 valence electrons. The number of nitrogens with one attached hydrogen (secondary N) is 1. The number of rotatable bonds is 2. The number of hydrogen-bond donors (Lipinski definition) is 1. The molecule has 2 saturated heterocycles. The fourth-order valence-corrected chi connectivity index (χ4v) is 3.73. The van der Waals surface area contributed by atoms with Gasteiger partial charge in [0.05, 0.1) is 0 Å². The van der Waals surface area contributed by atoms with Crippen LogP contribution in [0.5, 0.6) is 0 Å². The van der Waals surface area contributed by atoms with E-state index in [0.717, 1.165) is 17.0 Å². The Balaban J connectivity index is 1.73. The molecule has 0 amide bonds. The van der Waals surface area contributed by atoms with Crippen LogP contribution in [0.25, 0.3) is 0 Å². The summed E-state index contributed by atoms with van der Waals surface area (Å²) in [7, 11) is 0. The summed E-state index contributed by atoms with van der Waals surface area (Å²) >= 11 is 6.31. The van der Waals surface area contributed by atoms with Crippen LogP contribution in [0.4, 0.5) is 0 Å². The lowest BCUT2D eigenvalue weighted by Crippen LogP contribution is -2.45. The van der Waals surface area contributed by atoms with Crippen LogP contribution in [0.2, 0.25) is 5.02 Å². The van der Waals surface area contributed by atoms with Gasteiger partial charge in [0.1, 0.15) is 0 Å². The van der Waals surface area contributed by atoms with E-state index < -0.39 is 0 Å². The van der Waals surface area contributed by atoms with Crippen molar-refractivity contribution in [2.75, 3.05) is 19.6 Å². The first-order chi connectivity index (χ1) is 8.75. The minimum Gasteiger partial charge on any atom is -0.314 e. The predicted octanol–water partition coefficient (Wildman–Crippen LogP) is 3.08. The monoisotopic (exact) mass is 264 g/mol. The molecule has 0 bridgehead atoms. The predicted molar refractivity (Wildman–Crippen MR) is 76.0 cm³/mol. The quantitative estimate of drug-likeness (QED) is 0.883. The second-order valence-electron chi connectivity index (χ2n) is 5.59. The van der Waals surface area contributed by atoms with Crippen molar-refractivity contribution >= 4 is 11.6 Å². The van der Waals surface area contributed by atoms with Crippen LogP contribution in [-0.4, -0.2) is 30.6 Å². The third kappa shape index (κ3) is 2.29. The molecule has 0 radical (unpaired) electrons. The summed E-state index contributed by atoms with van der Waals surface area (Å²) in [5.74, 6) is 0.837. The zero-order valence-electron chi connectivity index (χ0n) is 10.9. The number of piperidine rings is 1. The van der Waals surface area contributed by atoms with Gasteiger partial charge in [-0.3, -0.25) is 4.90 Å². The van der Waals surface area contributed by atoms with Crippen molar-refractivity contribution in [1.82, 2.24) is 10.2 Å². The van der Waals surface area contributed by atoms with Crippen molar-refractivity contribution < 1.29 is 0 Å². The van der Waals surface area contributed by atoms with E-state index in [1.54, 1.807) is 0 Å². The van der Waals surface area contributed by atoms with Gasteiger partial charge in [-0.1, -0.05) is 29.8 Å². The average Bonchev–Trinajstić information content (AvgIpc) is 2.85. The molecule has 2 heterocycles. The molecule has 3 atom stereocenters. The molecule has 18 heavy (non-hydrogen) atoms. The highest BCUT2D eigenvalue weighted by Gasteiger charge is 2.34. The van der Waals surface area contributed by atoms with Crippen LogP contribution in [0, 0.1) is 5.92 Å². The van der Waals surface area contributed by atoms with E-state index in [-0.39, 0.29) is 0 Å². The molecule has 2 aliphatic rings. The minimum absolute atomic E-state index is 0.431. The van der Waals surface area contributed by atoms with E-state index in [1.165, 1.54) is 38.0 Å². The molecule has 2 fully saturated rings. The largest absolute Gasteiger partial charge is 0.314 e. The van der Waals surface area contributed by atoms with Crippen LogP contribution in [0.15, 0.2) is 24.3 Å². The first-order valence-electron chi connectivity index (χ1n) is 6.97. The maximum atomic E-state index is 6.31. The highest BCUT2D eigenvalue weighted by Crippen LogP contribution is 2.32. The van der Waals surface area contributed by atoms with Gasteiger partial charge in [0.25, 0.3) is 0 Å². The summed E-state index contributed by atoms with van der Waals surface area (Å²) in [5.41, 5.74) is 1.27. The third-order valence-electron chi connectivity index (χ3n) is 4.59.